The summed E-state index contributed by atoms with van der Waals surface area (Å²) in [4.78, 5) is 38.5. The molecule has 7 nitrogen and oxygen atoms in total. The van der Waals surface area contributed by atoms with Gasteiger partial charge in [0, 0.05) is 0 Å². The van der Waals surface area contributed by atoms with Crippen molar-refractivity contribution in [2.75, 3.05) is 18.6 Å². The van der Waals surface area contributed by atoms with Crippen LogP contribution in [0.5, 0.6) is 11.5 Å². The number of urea groups is 1. The molecule has 4 amide bonds. The molecule has 1 heterocycles. The monoisotopic (exact) mass is 404 g/mol. The van der Waals surface area contributed by atoms with Crippen LogP contribution in [0.4, 0.5) is 10.5 Å². The molecule has 152 valence electrons. The summed E-state index contributed by atoms with van der Waals surface area (Å²) in [6.07, 6.45) is 7.42. The molecule has 1 fully saturated rings. The van der Waals surface area contributed by atoms with Crippen LogP contribution in [0.25, 0.3) is 6.08 Å². The van der Waals surface area contributed by atoms with E-state index in [2.05, 4.69) is 11.2 Å². The number of ether oxygens (including phenoxy) is 2. The van der Waals surface area contributed by atoms with Gasteiger partial charge in [0.2, 0.25) is 0 Å². The minimum absolute atomic E-state index is 0.0750. The van der Waals surface area contributed by atoms with Crippen molar-refractivity contribution in [2.45, 2.75) is 13.3 Å². The summed E-state index contributed by atoms with van der Waals surface area (Å²) < 4.78 is 10.7. The van der Waals surface area contributed by atoms with Gasteiger partial charge in [-0.15, -0.1) is 6.42 Å². The number of hydrogen-bond donors (Lipinski definition) is 1. The Labute approximate surface area is 174 Å². The second-order valence-electron chi connectivity index (χ2n) is 6.38. The summed E-state index contributed by atoms with van der Waals surface area (Å²) >= 11 is 0. The molecule has 0 bridgehead atoms. The predicted octanol–water partition coefficient (Wildman–Crippen LogP) is 2.94. The number of amides is 4. The first-order chi connectivity index (χ1) is 14.5. The van der Waals surface area contributed by atoms with Crippen molar-refractivity contribution >= 4 is 29.6 Å². The van der Waals surface area contributed by atoms with Crippen molar-refractivity contribution in [3.8, 4) is 23.8 Å². The zero-order chi connectivity index (χ0) is 21.7. The quantitative estimate of drug-likeness (QED) is 0.455. The molecule has 0 aromatic heterocycles. The largest absolute Gasteiger partial charge is 0.493 e. The molecule has 0 unspecified atom stereocenters. The van der Waals surface area contributed by atoms with Crippen molar-refractivity contribution in [1.29, 1.82) is 0 Å². The van der Waals surface area contributed by atoms with E-state index in [9.17, 15) is 14.4 Å². The Morgan fingerprint density at radius 3 is 2.47 bits per heavy atom. The second-order valence-corrected chi connectivity index (χ2v) is 6.38. The lowest BCUT2D eigenvalue weighted by atomic mass is 10.1. The second kappa shape index (κ2) is 8.97. The van der Waals surface area contributed by atoms with Gasteiger partial charge in [-0.1, -0.05) is 31.0 Å². The van der Waals surface area contributed by atoms with E-state index in [0.717, 1.165) is 16.9 Å². The van der Waals surface area contributed by atoms with E-state index in [-0.39, 0.29) is 12.2 Å². The third kappa shape index (κ3) is 4.18. The van der Waals surface area contributed by atoms with Gasteiger partial charge in [0.25, 0.3) is 11.8 Å². The van der Waals surface area contributed by atoms with Gasteiger partial charge in [-0.05, 0) is 47.9 Å². The van der Waals surface area contributed by atoms with E-state index in [1.807, 2.05) is 19.1 Å². The number of nitrogens with one attached hydrogen (secondary N) is 1. The summed E-state index contributed by atoms with van der Waals surface area (Å²) in [6, 6.07) is 11.1. The number of anilines is 1. The van der Waals surface area contributed by atoms with Gasteiger partial charge in [-0.2, -0.15) is 0 Å². The number of nitrogens with zero attached hydrogens (tertiary/aromatic N) is 1. The number of aryl methyl sites for hydroxylation is 1. The molecule has 0 radical (unpaired) electrons. The summed E-state index contributed by atoms with van der Waals surface area (Å²) in [5.74, 6) is 1.72. The predicted molar refractivity (Wildman–Crippen MR) is 112 cm³/mol. The zero-order valence-electron chi connectivity index (χ0n) is 16.6. The number of carbonyl (C=O) groups is 3. The van der Waals surface area contributed by atoms with Gasteiger partial charge in [-0.3, -0.25) is 14.9 Å². The van der Waals surface area contributed by atoms with Crippen molar-refractivity contribution in [2.24, 2.45) is 0 Å². The van der Waals surface area contributed by atoms with Gasteiger partial charge in [-0.25, -0.2) is 9.69 Å². The molecule has 0 spiro atoms. The number of carbonyl (C=O) groups excluding carboxylic acids is 3. The summed E-state index contributed by atoms with van der Waals surface area (Å²) in [7, 11) is 1.47. The van der Waals surface area contributed by atoms with Crippen LogP contribution < -0.4 is 19.7 Å². The minimum atomic E-state index is -0.790. The van der Waals surface area contributed by atoms with E-state index in [0.29, 0.717) is 22.7 Å². The number of imide groups is 2. The van der Waals surface area contributed by atoms with Crippen LogP contribution in [0.15, 0.2) is 48.0 Å². The Morgan fingerprint density at radius 1 is 1.10 bits per heavy atom. The van der Waals surface area contributed by atoms with E-state index >= 15 is 0 Å². The molecule has 0 saturated carbocycles. The maximum absolute atomic E-state index is 13.0. The average molecular weight is 404 g/mol. The van der Waals surface area contributed by atoms with Gasteiger partial charge in [0.15, 0.2) is 11.5 Å². The fourth-order valence-electron chi connectivity index (χ4n) is 2.95. The average Bonchev–Trinajstić information content (AvgIpc) is 2.75. The standard InChI is InChI=1S/C23H20N2O5/c1-4-12-30-19-11-8-16(14-20(19)29-3)13-18-21(26)24-23(28)25(22(18)27)17-9-6-15(5-2)7-10-17/h1,6-11,13-14H,5,12H2,2-3H3,(H,24,26,28)/b18-13-. The molecule has 1 N–H and O–H groups in total. The van der Waals surface area contributed by atoms with Crippen LogP contribution in [-0.2, 0) is 16.0 Å². The third-order valence-corrected chi connectivity index (χ3v) is 4.51. The summed E-state index contributed by atoms with van der Waals surface area (Å²) in [5, 5.41) is 2.21. The topological polar surface area (TPSA) is 84.9 Å². The highest BCUT2D eigenvalue weighted by molar-refractivity contribution is 6.39. The highest BCUT2D eigenvalue weighted by Gasteiger charge is 2.36. The van der Waals surface area contributed by atoms with Crippen molar-refractivity contribution in [1.82, 2.24) is 5.32 Å². The Kier molecular flexibility index (Phi) is 6.18. The van der Waals surface area contributed by atoms with Crippen molar-refractivity contribution < 1.29 is 23.9 Å². The number of rotatable bonds is 6. The number of hydrogen-bond acceptors (Lipinski definition) is 5. The van der Waals surface area contributed by atoms with Gasteiger partial charge < -0.3 is 9.47 Å². The Balaban J connectivity index is 1.95. The lowest BCUT2D eigenvalue weighted by molar-refractivity contribution is -0.122. The molecule has 30 heavy (non-hydrogen) atoms. The molecule has 2 aromatic carbocycles. The Bertz CT molecular complexity index is 1060. The normalized spacial score (nSPS) is 15.0. The van der Waals surface area contributed by atoms with E-state index in [1.54, 1.807) is 30.3 Å². The zero-order valence-corrected chi connectivity index (χ0v) is 16.6. The third-order valence-electron chi connectivity index (χ3n) is 4.51. The maximum atomic E-state index is 13.0. The highest BCUT2D eigenvalue weighted by atomic mass is 16.5. The number of methoxy groups -OCH3 is 1. The molecule has 1 aliphatic heterocycles. The van der Waals surface area contributed by atoms with Crippen molar-refractivity contribution in [3.63, 3.8) is 0 Å². The fraction of sp³-hybridized carbons (Fsp3) is 0.174. The van der Waals surface area contributed by atoms with E-state index in [4.69, 9.17) is 15.9 Å². The summed E-state index contributed by atoms with van der Waals surface area (Å²) in [5.41, 5.74) is 1.79. The van der Waals surface area contributed by atoms with Crippen LogP contribution in [0.1, 0.15) is 18.1 Å². The van der Waals surface area contributed by atoms with Gasteiger partial charge in [0.05, 0.1) is 12.8 Å². The van der Waals surface area contributed by atoms with E-state index < -0.39 is 17.8 Å². The maximum Gasteiger partial charge on any atom is 0.335 e. The Hall–Kier alpha value is -4.05. The highest BCUT2D eigenvalue weighted by Crippen LogP contribution is 2.30. The molecule has 1 aliphatic rings. The molecule has 0 atom stereocenters. The smallest absolute Gasteiger partial charge is 0.335 e. The van der Waals surface area contributed by atoms with Crippen LogP contribution in [0.3, 0.4) is 0 Å². The minimum Gasteiger partial charge on any atom is -0.493 e. The van der Waals surface area contributed by atoms with E-state index in [1.165, 1.54) is 13.2 Å². The molecular formula is C23H20N2O5. The van der Waals surface area contributed by atoms with Crippen LogP contribution in [-0.4, -0.2) is 31.6 Å². The number of terminal acetylenes is 1. The van der Waals surface area contributed by atoms with Crippen molar-refractivity contribution in [3.05, 3.63) is 59.2 Å². The molecule has 3 rings (SSSR count). The van der Waals surface area contributed by atoms with Crippen LogP contribution >= 0.6 is 0 Å². The first-order valence-corrected chi connectivity index (χ1v) is 9.23. The Morgan fingerprint density at radius 2 is 1.83 bits per heavy atom. The van der Waals surface area contributed by atoms with Crippen LogP contribution in [0, 0.1) is 12.3 Å². The molecule has 7 heteroatoms. The van der Waals surface area contributed by atoms with Gasteiger partial charge in [0.1, 0.15) is 12.2 Å². The first kappa shape index (κ1) is 20.7. The molecule has 0 aliphatic carbocycles. The lowest BCUT2D eigenvalue weighted by Gasteiger charge is -2.26. The lowest BCUT2D eigenvalue weighted by Crippen LogP contribution is -2.54. The SMILES string of the molecule is C#CCOc1ccc(/C=C2/C(=O)NC(=O)N(c3ccc(CC)cc3)C2=O)cc1OC. The number of barbiturate groups is 1. The number of benzene rings is 2. The molecule has 2 aromatic rings. The molecular weight excluding hydrogens is 384 g/mol. The van der Waals surface area contributed by atoms with Gasteiger partial charge >= 0.3 is 6.03 Å². The van der Waals surface area contributed by atoms with Crippen LogP contribution in [0.2, 0.25) is 0 Å². The fourth-order valence-corrected chi connectivity index (χ4v) is 2.95. The molecule has 1 saturated heterocycles. The first-order valence-electron chi connectivity index (χ1n) is 9.23. The summed E-state index contributed by atoms with van der Waals surface area (Å²) in [6.45, 7) is 2.08.